The van der Waals surface area contributed by atoms with Crippen molar-refractivity contribution in [2.24, 2.45) is 0 Å². The molecule has 1 aliphatic carbocycles. The number of hydrogen-bond donors (Lipinski definition) is 1. The second-order valence-electron chi connectivity index (χ2n) is 7.27. The predicted octanol–water partition coefficient (Wildman–Crippen LogP) is 4.43. The fourth-order valence-electron chi connectivity index (χ4n) is 3.55. The number of fused-ring (bicyclic) bond motifs is 1. The lowest BCUT2D eigenvalue weighted by Gasteiger charge is -2.07. The molecule has 139 valence electrons. The first kappa shape index (κ1) is 16.9. The minimum Gasteiger partial charge on any atom is -0.481 e. The first-order valence-corrected chi connectivity index (χ1v) is 9.55. The lowest BCUT2D eigenvalue weighted by molar-refractivity contribution is 0.395. The third-order valence-electron chi connectivity index (χ3n) is 5.23. The smallest absolute Gasteiger partial charge is 0.216 e. The van der Waals surface area contributed by atoms with E-state index in [2.05, 4.69) is 38.3 Å². The van der Waals surface area contributed by atoms with Gasteiger partial charge in [0.05, 0.1) is 7.11 Å². The van der Waals surface area contributed by atoms with Crippen LogP contribution in [0.5, 0.6) is 5.88 Å². The summed E-state index contributed by atoms with van der Waals surface area (Å²) in [6.07, 6.45) is 13.1. The van der Waals surface area contributed by atoms with Crippen LogP contribution in [0.25, 0.3) is 11.0 Å². The van der Waals surface area contributed by atoms with Gasteiger partial charge in [0.15, 0.2) is 0 Å². The third kappa shape index (κ3) is 3.36. The molecule has 4 heterocycles. The highest BCUT2D eigenvalue weighted by atomic mass is 16.5. The summed E-state index contributed by atoms with van der Waals surface area (Å²) in [5, 5.41) is 1.22. The molecular weight excluding hydrogens is 348 g/mol. The van der Waals surface area contributed by atoms with E-state index in [1.165, 1.54) is 34.9 Å². The second-order valence-corrected chi connectivity index (χ2v) is 7.27. The van der Waals surface area contributed by atoms with Crippen LogP contribution in [0.3, 0.4) is 0 Å². The third-order valence-corrected chi connectivity index (χ3v) is 5.23. The van der Waals surface area contributed by atoms with Gasteiger partial charge in [-0.05, 0) is 53.6 Å². The van der Waals surface area contributed by atoms with E-state index in [0.29, 0.717) is 11.8 Å². The van der Waals surface area contributed by atoms with Gasteiger partial charge in [0.2, 0.25) is 5.88 Å². The Morgan fingerprint density at radius 1 is 1.14 bits per heavy atom. The molecular formula is C23H21N4O. The average molecular weight is 369 g/mol. The molecule has 1 aliphatic rings. The Morgan fingerprint density at radius 2 is 2.07 bits per heavy atom. The van der Waals surface area contributed by atoms with E-state index < -0.39 is 0 Å². The monoisotopic (exact) mass is 369 g/mol. The summed E-state index contributed by atoms with van der Waals surface area (Å²) in [5.41, 5.74) is 6.56. The molecule has 0 aliphatic heterocycles. The van der Waals surface area contributed by atoms with Crippen molar-refractivity contribution in [3.63, 3.8) is 0 Å². The van der Waals surface area contributed by atoms with Gasteiger partial charge in [-0.1, -0.05) is 12.1 Å². The zero-order chi connectivity index (χ0) is 18.9. The number of H-pyrrole nitrogens is 1. The molecule has 1 fully saturated rings. The minimum absolute atomic E-state index is 0.603. The van der Waals surface area contributed by atoms with Gasteiger partial charge in [-0.3, -0.25) is 4.98 Å². The molecule has 0 bridgehead atoms. The molecule has 1 saturated carbocycles. The SMILES string of the molecule is COc1ncccc1[CH]c1ccc(Cc2c[nH]c3ncc(C4CC4)cc23)cn1. The fraction of sp³-hybridized carbons (Fsp3) is 0.217. The van der Waals surface area contributed by atoms with Crippen molar-refractivity contribution in [1.82, 2.24) is 19.9 Å². The fourth-order valence-corrected chi connectivity index (χ4v) is 3.55. The van der Waals surface area contributed by atoms with Crippen molar-refractivity contribution in [2.75, 3.05) is 7.11 Å². The lowest BCUT2D eigenvalue weighted by atomic mass is 10.0. The van der Waals surface area contributed by atoms with Gasteiger partial charge in [-0.15, -0.1) is 0 Å². The van der Waals surface area contributed by atoms with Crippen LogP contribution in [0, 0.1) is 6.42 Å². The Labute approximate surface area is 163 Å². The number of nitrogens with one attached hydrogen (secondary N) is 1. The quantitative estimate of drug-likeness (QED) is 0.546. The van der Waals surface area contributed by atoms with E-state index in [0.717, 1.165) is 23.3 Å². The maximum atomic E-state index is 5.30. The van der Waals surface area contributed by atoms with Gasteiger partial charge in [0, 0.05) is 54.3 Å². The number of pyridine rings is 3. The number of methoxy groups -OCH3 is 1. The molecule has 0 aromatic carbocycles. The average Bonchev–Trinajstić information content (AvgIpc) is 3.52. The lowest BCUT2D eigenvalue weighted by Crippen LogP contribution is -1.97. The Morgan fingerprint density at radius 3 is 2.86 bits per heavy atom. The first-order valence-electron chi connectivity index (χ1n) is 9.55. The first-order chi connectivity index (χ1) is 13.8. The van der Waals surface area contributed by atoms with Crippen molar-refractivity contribution in [3.05, 3.63) is 89.5 Å². The van der Waals surface area contributed by atoms with Crippen LogP contribution in [0.4, 0.5) is 0 Å². The number of hydrogen-bond acceptors (Lipinski definition) is 4. The van der Waals surface area contributed by atoms with Gasteiger partial charge in [0.1, 0.15) is 5.65 Å². The standard InChI is InChI=1S/C23H21N4O/c1-28-23-17(3-2-8-24-23)10-20-7-4-15(12-25-20)9-19-14-27-22-21(19)11-18(13-26-22)16-5-6-16/h2-4,7-8,10-14,16H,5-6,9H2,1H3,(H,26,27). The second kappa shape index (κ2) is 7.08. The van der Waals surface area contributed by atoms with Crippen molar-refractivity contribution >= 4 is 11.0 Å². The van der Waals surface area contributed by atoms with Crippen molar-refractivity contribution in [2.45, 2.75) is 25.2 Å². The van der Waals surface area contributed by atoms with E-state index in [4.69, 9.17) is 4.74 Å². The summed E-state index contributed by atoms with van der Waals surface area (Å²) < 4.78 is 5.30. The molecule has 0 spiro atoms. The summed E-state index contributed by atoms with van der Waals surface area (Å²) in [6, 6.07) is 10.3. The molecule has 4 aromatic heterocycles. The van der Waals surface area contributed by atoms with Gasteiger partial charge in [0.25, 0.3) is 0 Å². The topological polar surface area (TPSA) is 63.7 Å². The van der Waals surface area contributed by atoms with Crippen molar-refractivity contribution in [3.8, 4) is 5.88 Å². The number of nitrogens with zero attached hydrogens (tertiary/aromatic N) is 3. The highest BCUT2D eigenvalue weighted by Crippen LogP contribution is 2.40. The van der Waals surface area contributed by atoms with Crippen LogP contribution in [-0.2, 0) is 6.42 Å². The number of aromatic nitrogens is 4. The minimum atomic E-state index is 0.603. The predicted molar refractivity (Wildman–Crippen MR) is 108 cm³/mol. The summed E-state index contributed by atoms with van der Waals surface area (Å²) in [7, 11) is 1.63. The van der Waals surface area contributed by atoms with Crippen LogP contribution in [0.2, 0.25) is 0 Å². The van der Waals surface area contributed by atoms with Gasteiger partial charge in [-0.2, -0.15) is 0 Å². The van der Waals surface area contributed by atoms with Crippen molar-refractivity contribution in [1.29, 1.82) is 0 Å². The number of rotatable bonds is 6. The Balaban J connectivity index is 1.35. The van der Waals surface area contributed by atoms with E-state index in [9.17, 15) is 0 Å². The van der Waals surface area contributed by atoms with Crippen LogP contribution in [0.15, 0.2) is 55.1 Å². The molecule has 0 saturated heterocycles. The molecule has 0 unspecified atom stereocenters. The van der Waals surface area contributed by atoms with E-state index in [1.54, 1.807) is 13.3 Å². The molecule has 0 atom stereocenters. The normalized spacial score (nSPS) is 13.8. The van der Waals surface area contributed by atoms with Crippen LogP contribution in [-0.4, -0.2) is 27.0 Å². The van der Waals surface area contributed by atoms with E-state index >= 15 is 0 Å². The molecule has 28 heavy (non-hydrogen) atoms. The van der Waals surface area contributed by atoms with Crippen LogP contribution < -0.4 is 4.74 Å². The summed E-state index contributed by atoms with van der Waals surface area (Å²) in [4.78, 5) is 16.7. The van der Waals surface area contributed by atoms with E-state index in [-0.39, 0.29) is 0 Å². The van der Waals surface area contributed by atoms with Gasteiger partial charge in [-0.25, -0.2) is 9.97 Å². The van der Waals surface area contributed by atoms with Crippen LogP contribution >= 0.6 is 0 Å². The molecule has 5 nitrogen and oxygen atoms in total. The maximum Gasteiger partial charge on any atom is 0.216 e. The molecule has 1 radical (unpaired) electrons. The zero-order valence-electron chi connectivity index (χ0n) is 15.7. The molecule has 4 aromatic rings. The molecule has 0 amide bonds. The highest BCUT2D eigenvalue weighted by molar-refractivity contribution is 5.80. The summed E-state index contributed by atoms with van der Waals surface area (Å²) in [5.74, 6) is 1.31. The largest absolute Gasteiger partial charge is 0.481 e. The zero-order valence-corrected chi connectivity index (χ0v) is 15.7. The number of ether oxygens (including phenoxy) is 1. The van der Waals surface area contributed by atoms with Gasteiger partial charge < -0.3 is 9.72 Å². The molecule has 5 rings (SSSR count). The molecule has 5 heteroatoms. The Hall–Kier alpha value is -3.21. The highest BCUT2D eigenvalue weighted by Gasteiger charge is 2.24. The Kier molecular flexibility index (Phi) is 4.28. The summed E-state index contributed by atoms with van der Waals surface area (Å²) in [6.45, 7) is 0. The van der Waals surface area contributed by atoms with E-state index in [1.807, 2.05) is 37.0 Å². The maximum absolute atomic E-state index is 5.30. The van der Waals surface area contributed by atoms with Crippen molar-refractivity contribution < 1.29 is 4.74 Å². The summed E-state index contributed by atoms with van der Waals surface area (Å²) >= 11 is 0. The van der Waals surface area contributed by atoms with Gasteiger partial charge >= 0.3 is 0 Å². The number of aromatic amines is 1. The molecule has 1 N–H and O–H groups in total. The van der Waals surface area contributed by atoms with Crippen LogP contribution in [0.1, 0.15) is 46.7 Å². The Bertz CT molecular complexity index is 1110.